The number of primary amides is 1. The van der Waals surface area contributed by atoms with Crippen molar-refractivity contribution in [1.29, 1.82) is 0 Å². The van der Waals surface area contributed by atoms with Gasteiger partial charge in [-0.2, -0.15) is 0 Å². The van der Waals surface area contributed by atoms with Crippen molar-refractivity contribution in [2.45, 2.75) is 30.6 Å². The van der Waals surface area contributed by atoms with Gasteiger partial charge < -0.3 is 31.3 Å². The van der Waals surface area contributed by atoms with Gasteiger partial charge in [-0.15, -0.1) is 11.3 Å². The maximum Gasteiger partial charge on any atom is 0.255 e. The number of carbonyl (C=O) groups is 3. The lowest BCUT2D eigenvalue weighted by Crippen LogP contribution is -2.70. The summed E-state index contributed by atoms with van der Waals surface area (Å²) in [6.07, 6.45) is -1.63. The lowest BCUT2D eigenvalue weighted by atomic mass is 9.54. The normalized spacial score (nSPS) is 29.6. The van der Waals surface area contributed by atoms with E-state index >= 15 is 0 Å². The minimum Gasteiger partial charge on any atom is -0.508 e. The van der Waals surface area contributed by atoms with Gasteiger partial charge >= 0.3 is 0 Å². The van der Waals surface area contributed by atoms with Crippen LogP contribution in [0.15, 0.2) is 59.4 Å². The molecular formula is C30H28N2O8S. The number of thiophene rings is 1. The fraction of sp³-hybridized carbons (Fsp3) is 0.300. The number of phenols is 1. The second-order valence-electron chi connectivity index (χ2n) is 11.1. The molecule has 1 saturated carbocycles. The Hall–Kier alpha value is -4.03. The van der Waals surface area contributed by atoms with E-state index in [0.29, 0.717) is 11.1 Å². The molecule has 11 heteroatoms. The Morgan fingerprint density at radius 1 is 1.07 bits per heavy atom. The van der Waals surface area contributed by atoms with Gasteiger partial charge in [-0.25, -0.2) is 0 Å². The molecule has 0 unspecified atom stereocenters. The van der Waals surface area contributed by atoms with Crippen LogP contribution in [-0.4, -0.2) is 79.7 Å². The maximum absolute atomic E-state index is 14.1. The van der Waals surface area contributed by atoms with Crippen LogP contribution in [0.5, 0.6) is 5.75 Å². The van der Waals surface area contributed by atoms with Crippen LogP contribution in [0.25, 0.3) is 26.3 Å². The number of carbonyl (C=O) groups excluding carboxylic acids is 3. The molecule has 1 amide bonds. The van der Waals surface area contributed by atoms with Crippen molar-refractivity contribution >= 4 is 44.7 Å². The van der Waals surface area contributed by atoms with Crippen molar-refractivity contribution in [3.8, 4) is 16.2 Å². The molecule has 1 fully saturated rings. The molecule has 2 aromatic carbocycles. The van der Waals surface area contributed by atoms with Gasteiger partial charge in [0.2, 0.25) is 5.78 Å². The molecule has 1 aromatic heterocycles. The van der Waals surface area contributed by atoms with Crippen LogP contribution in [0.4, 0.5) is 0 Å². The van der Waals surface area contributed by atoms with Crippen LogP contribution in [0.1, 0.15) is 24.0 Å². The number of aromatic hydroxyl groups is 1. The molecule has 0 saturated heterocycles. The third kappa shape index (κ3) is 3.43. The Morgan fingerprint density at radius 2 is 1.76 bits per heavy atom. The summed E-state index contributed by atoms with van der Waals surface area (Å²) in [5.74, 6) is -9.03. The Kier molecular flexibility index (Phi) is 5.95. The number of rotatable bonds is 3. The van der Waals surface area contributed by atoms with Gasteiger partial charge in [-0.05, 0) is 49.2 Å². The minimum atomic E-state index is -2.94. The van der Waals surface area contributed by atoms with Crippen LogP contribution in [0.3, 0.4) is 0 Å². The van der Waals surface area contributed by atoms with Crippen molar-refractivity contribution in [3.63, 3.8) is 0 Å². The summed E-state index contributed by atoms with van der Waals surface area (Å²) in [4.78, 5) is 41.6. The van der Waals surface area contributed by atoms with E-state index in [1.54, 1.807) is 19.1 Å². The molecule has 0 bridgehead atoms. The number of likely N-dealkylation sites (N-methyl/N-ethyl adjacent to an activating group) is 1. The molecule has 0 spiro atoms. The van der Waals surface area contributed by atoms with E-state index in [0.717, 1.165) is 15.0 Å². The number of aliphatic hydroxyl groups is 4. The molecule has 41 heavy (non-hydrogen) atoms. The van der Waals surface area contributed by atoms with Crippen molar-refractivity contribution in [2.24, 2.45) is 17.6 Å². The van der Waals surface area contributed by atoms with Gasteiger partial charge in [-0.1, -0.05) is 31.2 Å². The summed E-state index contributed by atoms with van der Waals surface area (Å²) in [5.41, 5.74) is 1.90. The van der Waals surface area contributed by atoms with E-state index in [2.05, 4.69) is 0 Å². The standard InChI is InChI=1S/C30H28N2O8S/c1-11-13-8-9-14(16-10-12-6-4-5-7-15(12)41-16)23(33)18(13)24(34)19-17(11)25(35)21-22(32(2)3)26(36)20(29(31)39)28(38)30(21,40)27(19)37/h4-11,17,21-22,25,33-35,38,40H,1-3H3,(H2,31,39)/t11-,17-,21-,22-,25-,30+/m0/s1. The van der Waals surface area contributed by atoms with Crippen molar-refractivity contribution in [3.05, 3.63) is 70.5 Å². The largest absolute Gasteiger partial charge is 0.508 e. The van der Waals surface area contributed by atoms with Crippen LogP contribution in [0.2, 0.25) is 0 Å². The van der Waals surface area contributed by atoms with Gasteiger partial charge in [0.25, 0.3) is 5.91 Å². The Morgan fingerprint density at radius 3 is 2.39 bits per heavy atom. The number of ketones is 2. The second kappa shape index (κ2) is 8.98. The SMILES string of the molecule is C[C@H]1c2ccc(-c3cc4ccccc4s3)c(O)c2C(O)=C2C(=O)[C@@]3(O)C(O)=C(C(N)=O)C(=O)[C@@H](N(C)C)[C@H]3[C@@H](O)[C@H]21. The smallest absolute Gasteiger partial charge is 0.255 e. The fourth-order valence-electron chi connectivity index (χ4n) is 6.93. The Balaban J connectivity index is 1.59. The monoisotopic (exact) mass is 576 g/mol. The van der Waals surface area contributed by atoms with Crippen molar-refractivity contribution in [1.82, 2.24) is 4.90 Å². The highest BCUT2D eigenvalue weighted by molar-refractivity contribution is 7.22. The van der Waals surface area contributed by atoms with E-state index in [-0.39, 0.29) is 11.3 Å². The number of aliphatic hydroxyl groups excluding tert-OH is 3. The summed E-state index contributed by atoms with van der Waals surface area (Å²) < 4.78 is 0.990. The third-order valence-electron chi connectivity index (χ3n) is 8.82. The molecule has 0 radical (unpaired) electrons. The number of amides is 1. The van der Waals surface area contributed by atoms with Gasteiger partial charge in [0.05, 0.1) is 23.6 Å². The lowest BCUT2D eigenvalue weighted by Gasteiger charge is -2.53. The number of fused-ring (bicyclic) bond motifs is 4. The van der Waals surface area contributed by atoms with Crippen LogP contribution in [0, 0.1) is 11.8 Å². The number of phenolic OH excluding ortho intramolecular Hbond substituents is 1. The molecular weight excluding hydrogens is 548 g/mol. The van der Waals surface area contributed by atoms with Gasteiger partial charge in [0.1, 0.15) is 22.8 Å². The van der Waals surface area contributed by atoms with E-state index in [9.17, 15) is 39.9 Å². The summed E-state index contributed by atoms with van der Waals surface area (Å²) in [6.45, 7) is 1.70. The lowest BCUT2D eigenvalue weighted by molar-refractivity contribution is -0.169. The fourth-order valence-corrected chi connectivity index (χ4v) is 8.02. The quantitative estimate of drug-likeness (QED) is 0.255. The predicted molar refractivity (Wildman–Crippen MR) is 151 cm³/mol. The zero-order chi connectivity index (χ0) is 29.7. The molecule has 3 aliphatic rings. The predicted octanol–water partition coefficient (Wildman–Crippen LogP) is 2.38. The third-order valence-corrected chi connectivity index (χ3v) is 9.97. The average molecular weight is 577 g/mol. The summed E-state index contributed by atoms with van der Waals surface area (Å²) in [7, 11) is 2.94. The molecule has 0 aliphatic heterocycles. The molecule has 6 rings (SSSR count). The van der Waals surface area contributed by atoms with Crippen LogP contribution in [-0.2, 0) is 14.4 Å². The van der Waals surface area contributed by atoms with Crippen LogP contribution < -0.4 is 5.73 Å². The number of nitrogens with zero attached hydrogens (tertiary/aromatic N) is 1. The average Bonchev–Trinajstić information content (AvgIpc) is 3.34. The number of hydrogen-bond donors (Lipinski definition) is 6. The van der Waals surface area contributed by atoms with Gasteiger partial charge in [-0.3, -0.25) is 19.3 Å². The highest BCUT2D eigenvalue weighted by Gasteiger charge is 2.68. The molecule has 3 aliphatic carbocycles. The number of nitrogens with two attached hydrogens (primary N) is 1. The van der Waals surface area contributed by atoms with E-state index in [1.807, 2.05) is 30.3 Å². The summed E-state index contributed by atoms with van der Waals surface area (Å²) in [5, 5.41) is 58.5. The van der Waals surface area contributed by atoms with Crippen molar-refractivity contribution < 1.29 is 39.9 Å². The summed E-state index contributed by atoms with van der Waals surface area (Å²) >= 11 is 1.44. The summed E-state index contributed by atoms with van der Waals surface area (Å²) in [6, 6.07) is 11.6. The first kappa shape index (κ1) is 27.2. The molecule has 10 nitrogen and oxygen atoms in total. The first-order chi connectivity index (χ1) is 19.3. The second-order valence-corrected chi connectivity index (χ2v) is 12.2. The van der Waals surface area contributed by atoms with E-state index in [4.69, 9.17) is 5.73 Å². The topological polar surface area (TPSA) is 182 Å². The Bertz CT molecular complexity index is 1720. The molecule has 212 valence electrons. The highest BCUT2D eigenvalue weighted by Crippen LogP contribution is 2.57. The van der Waals surface area contributed by atoms with Crippen molar-refractivity contribution in [2.75, 3.05) is 14.1 Å². The van der Waals surface area contributed by atoms with Crippen LogP contribution >= 0.6 is 11.3 Å². The van der Waals surface area contributed by atoms with Gasteiger partial charge in [0, 0.05) is 26.6 Å². The molecule has 1 heterocycles. The molecule has 3 aromatic rings. The zero-order valence-corrected chi connectivity index (χ0v) is 23.1. The minimum absolute atomic E-state index is 0.0315. The van der Waals surface area contributed by atoms with Gasteiger partial charge in [0.15, 0.2) is 11.4 Å². The molecule has 7 N–H and O–H groups in total. The maximum atomic E-state index is 14.1. The number of hydrogen-bond acceptors (Lipinski definition) is 10. The van der Waals surface area contributed by atoms with E-state index in [1.165, 1.54) is 30.3 Å². The first-order valence-electron chi connectivity index (χ1n) is 13.0. The highest BCUT2D eigenvalue weighted by atomic mass is 32.1. The first-order valence-corrected chi connectivity index (χ1v) is 13.8. The van der Waals surface area contributed by atoms with E-state index < -0.39 is 75.6 Å². The number of Topliss-reactive ketones (excluding diaryl/α,β-unsaturated/α-hetero) is 2. The number of benzene rings is 2. The zero-order valence-electron chi connectivity index (χ0n) is 22.3. The Labute approximate surface area is 238 Å². The molecule has 6 atom stereocenters.